The van der Waals surface area contributed by atoms with Crippen molar-refractivity contribution < 1.29 is 45.5 Å². The van der Waals surface area contributed by atoms with Gasteiger partial charge in [-0.05, 0) is 18.1 Å². The Bertz CT molecular complexity index is 928. The number of halogens is 5. The van der Waals surface area contributed by atoms with Gasteiger partial charge in [0.1, 0.15) is 11.8 Å². The van der Waals surface area contributed by atoms with Crippen molar-refractivity contribution in [2.24, 2.45) is 5.92 Å². The van der Waals surface area contributed by atoms with Gasteiger partial charge in [-0.15, -0.1) is 0 Å². The number of benzene rings is 2. The second-order valence-corrected chi connectivity index (χ2v) is 7.70. The number of nitrogens with one attached hydrogen (secondary N) is 1. The zero-order chi connectivity index (χ0) is 21.9. The molecular weight excluding hydrogens is 424 g/mol. The lowest BCUT2D eigenvalue weighted by molar-refractivity contribution is -0.140. The van der Waals surface area contributed by atoms with Crippen LogP contribution >= 0.6 is 7.75 Å². The molecule has 0 radical (unpaired) electrons. The summed E-state index contributed by atoms with van der Waals surface area (Å²) in [5, 5.41) is 11.2. The van der Waals surface area contributed by atoms with Crippen molar-refractivity contribution in [1.82, 2.24) is 5.09 Å². The van der Waals surface area contributed by atoms with Crippen LogP contribution in [0.15, 0.2) is 30.3 Å². The van der Waals surface area contributed by atoms with Crippen LogP contribution in [0, 0.1) is 35.0 Å². The summed E-state index contributed by atoms with van der Waals surface area (Å²) in [7, 11) is -5.00. The van der Waals surface area contributed by atoms with Gasteiger partial charge in [-0.2, -0.15) is 13.9 Å². The van der Waals surface area contributed by atoms with E-state index in [1.165, 1.54) is 38.1 Å². The first-order chi connectivity index (χ1) is 13.5. The quantitative estimate of drug-likeness (QED) is 0.270. The number of para-hydroxylation sites is 1. The number of aliphatic carboxylic acids is 1. The summed E-state index contributed by atoms with van der Waals surface area (Å²) in [5.41, 5.74) is 0. The predicted molar refractivity (Wildman–Crippen MR) is 90.9 cm³/mol. The van der Waals surface area contributed by atoms with Gasteiger partial charge in [0.05, 0.1) is 0 Å². The number of carbonyl (C=O) groups is 1. The van der Waals surface area contributed by atoms with Gasteiger partial charge in [0.25, 0.3) is 0 Å². The fourth-order valence-electron chi connectivity index (χ4n) is 2.14. The number of rotatable bonds is 8. The average Bonchev–Trinajstić information content (AvgIpc) is 2.67. The minimum atomic E-state index is -5.00. The van der Waals surface area contributed by atoms with Crippen LogP contribution in [0.2, 0.25) is 0 Å². The average molecular weight is 439 g/mol. The number of hydrogen-bond donors (Lipinski definition) is 2. The van der Waals surface area contributed by atoms with Gasteiger partial charge >= 0.3 is 13.7 Å². The molecular formula is C17H15F5NO5P. The molecule has 29 heavy (non-hydrogen) atoms. The zero-order valence-electron chi connectivity index (χ0n) is 15.0. The first kappa shape index (κ1) is 22.6. The van der Waals surface area contributed by atoms with Gasteiger partial charge in [0.2, 0.25) is 34.8 Å². The van der Waals surface area contributed by atoms with E-state index >= 15 is 0 Å². The van der Waals surface area contributed by atoms with Crippen LogP contribution in [0.3, 0.4) is 0 Å². The van der Waals surface area contributed by atoms with Gasteiger partial charge in [0, 0.05) is 0 Å². The summed E-state index contributed by atoms with van der Waals surface area (Å²) in [6.45, 7) is 2.83. The SMILES string of the molecule is CC(C)C(NP(=O)(Oc1ccccc1)Oc1c(F)c(F)c(F)c(F)c1F)C(=O)O. The molecule has 0 spiro atoms. The van der Waals surface area contributed by atoms with Crippen LogP contribution < -0.4 is 14.1 Å². The lowest BCUT2D eigenvalue weighted by Gasteiger charge is -2.25. The van der Waals surface area contributed by atoms with Gasteiger partial charge in [-0.1, -0.05) is 32.0 Å². The van der Waals surface area contributed by atoms with Crippen LogP contribution in [0.1, 0.15) is 13.8 Å². The number of carboxylic acid groups (broad SMARTS) is 1. The van der Waals surface area contributed by atoms with E-state index in [-0.39, 0.29) is 5.75 Å². The van der Waals surface area contributed by atoms with Crippen molar-refractivity contribution in [2.45, 2.75) is 19.9 Å². The maximum absolute atomic E-state index is 14.0. The predicted octanol–water partition coefficient (Wildman–Crippen LogP) is 4.65. The molecule has 2 aromatic rings. The van der Waals surface area contributed by atoms with Crippen molar-refractivity contribution in [3.05, 3.63) is 59.4 Å². The maximum Gasteiger partial charge on any atom is 0.513 e. The van der Waals surface area contributed by atoms with E-state index in [4.69, 9.17) is 4.52 Å². The Morgan fingerprint density at radius 2 is 1.41 bits per heavy atom. The topological polar surface area (TPSA) is 84.9 Å². The fraction of sp³-hybridized carbons (Fsp3) is 0.235. The van der Waals surface area contributed by atoms with Crippen molar-refractivity contribution >= 4 is 13.7 Å². The molecule has 0 aliphatic carbocycles. The standard InChI is InChI=1S/C17H15F5NO5P/c1-8(2)15(17(24)25)23-29(26,27-9-6-4-3-5-7-9)28-16-13(21)11(19)10(18)12(20)14(16)22/h3-8,15H,1-2H3,(H,23,26)(H,24,25). The van der Waals surface area contributed by atoms with Crippen LogP contribution in [0.25, 0.3) is 0 Å². The molecule has 0 aliphatic heterocycles. The third-order valence-corrected chi connectivity index (χ3v) is 5.05. The molecule has 0 aliphatic rings. The monoisotopic (exact) mass is 439 g/mol. The molecule has 2 atom stereocenters. The van der Waals surface area contributed by atoms with Crippen molar-refractivity contribution in [1.29, 1.82) is 0 Å². The van der Waals surface area contributed by atoms with E-state index in [0.717, 1.165) is 0 Å². The summed E-state index contributed by atoms with van der Waals surface area (Å²) in [6.07, 6.45) is 0. The van der Waals surface area contributed by atoms with E-state index in [2.05, 4.69) is 4.52 Å². The van der Waals surface area contributed by atoms with Crippen LogP contribution in [0.4, 0.5) is 22.0 Å². The normalized spacial score (nSPS) is 14.3. The molecule has 0 amide bonds. The minimum Gasteiger partial charge on any atom is -0.480 e. The highest BCUT2D eigenvalue weighted by Crippen LogP contribution is 2.48. The summed E-state index contributed by atoms with van der Waals surface area (Å²) in [5.74, 6) is -16.2. The van der Waals surface area contributed by atoms with Gasteiger partial charge in [-0.25, -0.2) is 17.7 Å². The molecule has 2 N–H and O–H groups in total. The molecule has 0 fully saturated rings. The molecule has 6 nitrogen and oxygen atoms in total. The number of carboxylic acids is 1. The summed E-state index contributed by atoms with van der Waals surface area (Å²) < 4.78 is 90.7. The largest absolute Gasteiger partial charge is 0.513 e. The third-order valence-electron chi connectivity index (χ3n) is 3.58. The summed E-state index contributed by atoms with van der Waals surface area (Å²) in [4.78, 5) is 11.4. The zero-order valence-corrected chi connectivity index (χ0v) is 15.9. The van der Waals surface area contributed by atoms with Crippen LogP contribution in [-0.2, 0) is 9.36 Å². The molecule has 2 rings (SSSR count). The minimum absolute atomic E-state index is 0.180. The van der Waals surface area contributed by atoms with Crippen LogP contribution in [0.5, 0.6) is 11.5 Å². The highest BCUT2D eigenvalue weighted by atomic mass is 31.2. The van der Waals surface area contributed by atoms with Gasteiger partial charge in [-0.3, -0.25) is 4.79 Å². The lowest BCUT2D eigenvalue weighted by atomic mass is 10.1. The molecule has 2 unspecified atom stereocenters. The van der Waals surface area contributed by atoms with E-state index in [0.29, 0.717) is 0 Å². The second-order valence-electron chi connectivity index (χ2n) is 6.08. The smallest absolute Gasteiger partial charge is 0.480 e. The molecule has 0 saturated carbocycles. The van der Waals surface area contributed by atoms with E-state index < -0.39 is 60.5 Å². The first-order valence-electron chi connectivity index (χ1n) is 8.03. The third kappa shape index (κ3) is 5.04. The Morgan fingerprint density at radius 3 is 1.86 bits per heavy atom. The highest BCUT2D eigenvalue weighted by Gasteiger charge is 2.40. The van der Waals surface area contributed by atoms with E-state index in [1.807, 2.05) is 5.09 Å². The Labute approximate surface area is 161 Å². The fourth-order valence-corrected chi connectivity index (χ4v) is 3.83. The molecule has 12 heteroatoms. The second kappa shape index (κ2) is 8.79. The van der Waals surface area contributed by atoms with Crippen LogP contribution in [-0.4, -0.2) is 17.1 Å². The van der Waals surface area contributed by atoms with Crippen molar-refractivity contribution in [3.8, 4) is 11.5 Å². The van der Waals surface area contributed by atoms with Crippen molar-refractivity contribution in [2.75, 3.05) is 0 Å². The van der Waals surface area contributed by atoms with Gasteiger partial charge in [0.15, 0.2) is 0 Å². The molecule has 158 valence electrons. The molecule has 2 aromatic carbocycles. The highest BCUT2D eigenvalue weighted by molar-refractivity contribution is 7.52. The Balaban J connectivity index is 2.54. The van der Waals surface area contributed by atoms with Gasteiger partial charge < -0.3 is 14.2 Å². The van der Waals surface area contributed by atoms with E-state index in [9.17, 15) is 36.4 Å². The molecule has 0 aromatic heterocycles. The molecule has 0 heterocycles. The Morgan fingerprint density at radius 1 is 0.931 bits per heavy atom. The molecule has 0 bridgehead atoms. The lowest BCUT2D eigenvalue weighted by Crippen LogP contribution is -2.41. The maximum atomic E-state index is 14.0. The van der Waals surface area contributed by atoms with Crippen molar-refractivity contribution in [3.63, 3.8) is 0 Å². The first-order valence-corrected chi connectivity index (χ1v) is 9.57. The Hall–Kier alpha value is -2.65. The Kier molecular flexibility index (Phi) is 6.86. The van der Waals surface area contributed by atoms with E-state index in [1.54, 1.807) is 6.07 Å². The molecule has 0 saturated heterocycles. The summed E-state index contributed by atoms with van der Waals surface area (Å²) in [6, 6.07) is 5.29. The number of hydrogen-bond acceptors (Lipinski definition) is 4. The summed E-state index contributed by atoms with van der Waals surface area (Å²) >= 11 is 0.